The van der Waals surface area contributed by atoms with Crippen molar-refractivity contribution in [3.05, 3.63) is 22.2 Å². The third kappa shape index (κ3) is 1.68. The van der Waals surface area contributed by atoms with Gasteiger partial charge < -0.3 is 11.2 Å². The van der Waals surface area contributed by atoms with Crippen LogP contribution in [0.15, 0.2) is 12.1 Å². The maximum atomic E-state index is 5.73. The number of hydrazine groups is 1. The molecule has 0 saturated carbocycles. The number of anilines is 2. The van der Waals surface area contributed by atoms with Crippen molar-refractivity contribution in [2.75, 3.05) is 11.2 Å². The molecule has 1 aromatic carbocycles. The molecule has 0 fully saturated rings. The molecule has 0 unspecified atom stereocenters. The first-order chi connectivity index (χ1) is 5.15. The van der Waals surface area contributed by atoms with E-state index >= 15 is 0 Å². The van der Waals surface area contributed by atoms with Crippen LogP contribution < -0.4 is 17.0 Å². The number of halogens is 2. The molecule has 5 N–H and O–H groups in total. The van der Waals surface area contributed by atoms with Crippen molar-refractivity contribution in [1.29, 1.82) is 0 Å². The Morgan fingerprint density at radius 1 is 1.27 bits per heavy atom. The van der Waals surface area contributed by atoms with Crippen LogP contribution in [0.25, 0.3) is 0 Å². The number of hydrogen-bond donors (Lipinski definition) is 3. The number of rotatable bonds is 1. The topological polar surface area (TPSA) is 64.1 Å². The Kier molecular flexibility index (Phi) is 2.44. The van der Waals surface area contributed by atoms with E-state index in [9.17, 15) is 0 Å². The van der Waals surface area contributed by atoms with Gasteiger partial charge >= 0.3 is 0 Å². The van der Waals surface area contributed by atoms with E-state index in [1.54, 1.807) is 12.1 Å². The van der Waals surface area contributed by atoms with Gasteiger partial charge in [0.15, 0.2) is 0 Å². The first-order valence-corrected chi connectivity index (χ1v) is 3.62. The highest BCUT2D eigenvalue weighted by Gasteiger charge is 2.03. The van der Waals surface area contributed by atoms with Crippen molar-refractivity contribution in [3.8, 4) is 0 Å². The lowest BCUT2D eigenvalue weighted by molar-refractivity contribution is 1.35. The first kappa shape index (κ1) is 8.46. The molecular formula is C6H7Cl2N3. The summed E-state index contributed by atoms with van der Waals surface area (Å²) in [7, 11) is 0. The zero-order valence-electron chi connectivity index (χ0n) is 5.57. The molecule has 0 aromatic heterocycles. The fourth-order valence-electron chi connectivity index (χ4n) is 0.746. The van der Waals surface area contributed by atoms with Crippen LogP contribution in [0, 0.1) is 0 Å². The van der Waals surface area contributed by atoms with Gasteiger partial charge in [0.05, 0.1) is 16.4 Å². The highest BCUT2D eigenvalue weighted by atomic mass is 35.5. The predicted octanol–water partition coefficient (Wildman–Crippen LogP) is 1.86. The van der Waals surface area contributed by atoms with E-state index in [0.29, 0.717) is 21.4 Å². The average molecular weight is 192 g/mol. The second-order valence-corrected chi connectivity index (χ2v) is 2.84. The van der Waals surface area contributed by atoms with Crippen LogP contribution in [0.5, 0.6) is 0 Å². The van der Waals surface area contributed by atoms with Crippen molar-refractivity contribution in [1.82, 2.24) is 0 Å². The number of nitrogen functional groups attached to an aromatic ring is 2. The molecule has 60 valence electrons. The van der Waals surface area contributed by atoms with Gasteiger partial charge in [-0.1, -0.05) is 23.2 Å². The van der Waals surface area contributed by atoms with E-state index in [2.05, 4.69) is 5.43 Å². The van der Waals surface area contributed by atoms with Crippen molar-refractivity contribution >= 4 is 34.6 Å². The Labute approximate surface area is 74.2 Å². The monoisotopic (exact) mass is 191 g/mol. The van der Waals surface area contributed by atoms with Crippen molar-refractivity contribution in [3.63, 3.8) is 0 Å². The van der Waals surface area contributed by atoms with Gasteiger partial charge in [-0.05, 0) is 12.1 Å². The van der Waals surface area contributed by atoms with Crippen LogP contribution in [0.1, 0.15) is 0 Å². The SMILES string of the molecule is NNc1c(N)cc(Cl)cc1Cl. The zero-order valence-corrected chi connectivity index (χ0v) is 7.08. The molecule has 0 aliphatic rings. The van der Waals surface area contributed by atoms with Gasteiger partial charge in [0.2, 0.25) is 0 Å². The van der Waals surface area contributed by atoms with Gasteiger partial charge in [-0.15, -0.1) is 0 Å². The molecule has 0 heterocycles. The molecule has 0 aliphatic carbocycles. The van der Waals surface area contributed by atoms with Crippen molar-refractivity contribution in [2.45, 2.75) is 0 Å². The molecule has 1 aromatic rings. The summed E-state index contributed by atoms with van der Waals surface area (Å²) in [4.78, 5) is 0. The van der Waals surface area contributed by atoms with Crippen LogP contribution in [0.4, 0.5) is 11.4 Å². The van der Waals surface area contributed by atoms with Gasteiger partial charge in [-0.3, -0.25) is 5.84 Å². The molecule has 1 rings (SSSR count). The number of nitrogens with two attached hydrogens (primary N) is 2. The summed E-state index contributed by atoms with van der Waals surface area (Å²) in [5, 5.41) is 0.906. The van der Waals surface area contributed by atoms with E-state index in [-0.39, 0.29) is 0 Å². The second-order valence-electron chi connectivity index (χ2n) is 2.00. The molecule has 0 amide bonds. The minimum absolute atomic E-state index is 0.414. The first-order valence-electron chi connectivity index (χ1n) is 2.86. The van der Waals surface area contributed by atoms with Crippen LogP contribution >= 0.6 is 23.2 Å². The van der Waals surface area contributed by atoms with Gasteiger partial charge in [-0.25, -0.2) is 0 Å². The number of hydrogen-bond acceptors (Lipinski definition) is 3. The van der Waals surface area contributed by atoms with E-state index in [1.165, 1.54) is 0 Å². The van der Waals surface area contributed by atoms with Gasteiger partial charge in [0.1, 0.15) is 0 Å². The molecule has 0 radical (unpaired) electrons. The van der Waals surface area contributed by atoms with E-state index < -0.39 is 0 Å². The Hall–Kier alpha value is -0.640. The Morgan fingerprint density at radius 3 is 2.36 bits per heavy atom. The summed E-state index contributed by atoms with van der Waals surface area (Å²) < 4.78 is 0. The largest absolute Gasteiger partial charge is 0.397 e. The van der Waals surface area contributed by atoms with E-state index in [0.717, 1.165) is 0 Å². The van der Waals surface area contributed by atoms with Gasteiger partial charge in [-0.2, -0.15) is 0 Å². The van der Waals surface area contributed by atoms with Crippen LogP contribution in [-0.4, -0.2) is 0 Å². The summed E-state index contributed by atoms with van der Waals surface area (Å²) in [5.41, 5.74) is 8.83. The van der Waals surface area contributed by atoms with E-state index in [4.69, 9.17) is 34.8 Å². The van der Waals surface area contributed by atoms with Gasteiger partial charge in [0.25, 0.3) is 0 Å². The van der Waals surface area contributed by atoms with E-state index in [1.807, 2.05) is 0 Å². The second kappa shape index (κ2) is 3.17. The highest BCUT2D eigenvalue weighted by Crippen LogP contribution is 2.30. The lowest BCUT2D eigenvalue weighted by Gasteiger charge is -2.06. The Bertz CT molecular complexity index is 252. The number of benzene rings is 1. The molecule has 3 nitrogen and oxygen atoms in total. The summed E-state index contributed by atoms with van der Waals surface area (Å²) in [6.07, 6.45) is 0. The summed E-state index contributed by atoms with van der Waals surface area (Å²) in [5.74, 6) is 5.14. The van der Waals surface area contributed by atoms with Crippen LogP contribution in [0.3, 0.4) is 0 Å². The van der Waals surface area contributed by atoms with Crippen LogP contribution in [-0.2, 0) is 0 Å². The number of nitrogens with one attached hydrogen (secondary N) is 1. The molecule has 0 saturated heterocycles. The Morgan fingerprint density at radius 2 is 1.91 bits per heavy atom. The normalized spacial score (nSPS) is 9.73. The minimum atomic E-state index is 0.414. The molecule has 0 atom stereocenters. The molecule has 11 heavy (non-hydrogen) atoms. The quantitative estimate of drug-likeness (QED) is 0.361. The summed E-state index contributed by atoms with van der Waals surface area (Å²) in [6.45, 7) is 0. The summed E-state index contributed by atoms with van der Waals surface area (Å²) in [6, 6.07) is 3.14. The highest BCUT2D eigenvalue weighted by molar-refractivity contribution is 6.37. The average Bonchev–Trinajstić information content (AvgIpc) is 1.85. The standard InChI is InChI=1S/C6H7Cl2N3/c7-3-1-4(8)6(11-10)5(9)2-3/h1-2,11H,9-10H2. The van der Waals surface area contributed by atoms with Crippen molar-refractivity contribution < 1.29 is 0 Å². The van der Waals surface area contributed by atoms with Gasteiger partial charge in [0, 0.05) is 5.02 Å². The molecular weight excluding hydrogens is 185 g/mol. The molecule has 0 aliphatic heterocycles. The van der Waals surface area contributed by atoms with Crippen molar-refractivity contribution in [2.24, 2.45) is 5.84 Å². The lowest BCUT2D eigenvalue weighted by Crippen LogP contribution is -2.09. The fourth-order valence-corrected chi connectivity index (χ4v) is 1.31. The van der Waals surface area contributed by atoms with Crippen LogP contribution in [0.2, 0.25) is 10.0 Å². The third-order valence-electron chi connectivity index (χ3n) is 1.23. The Balaban J connectivity index is 3.25. The smallest absolute Gasteiger partial charge is 0.0906 e. The molecule has 0 bridgehead atoms. The lowest BCUT2D eigenvalue weighted by atomic mass is 10.3. The summed E-state index contributed by atoms with van der Waals surface area (Å²) >= 11 is 11.4. The minimum Gasteiger partial charge on any atom is -0.397 e. The third-order valence-corrected chi connectivity index (χ3v) is 1.75. The maximum absolute atomic E-state index is 5.73. The molecule has 0 spiro atoms. The molecule has 5 heteroatoms. The predicted molar refractivity (Wildman–Crippen MR) is 48.7 cm³/mol. The maximum Gasteiger partial charge on any atom is 0.0906 e. The fraction of sp³-hybridized carbons (Fsp3) is 0. The zero-order chi connectivity index (χ0) is 8.43.